The second-order valence-electron chi connectivity index (χ2n) is 26.2. The van der Waals surface area contributed by atoms with Crippen molar-refractivity contribution in [3.05, 3.63) is 99.4 Å². The molecule has 1 aliphatic carbocycles. The fourth-order valence-electron chi connectivity index (χ4n) is 12.5. The number of hydrogen-bond donors (Lipinski definition) is 18. The summed E-state index contributed by atoms with van der Waals surface area (Å²) in [6.45, 7) is -0.326. The number of carboxylic acids is 2. The highest BCUT2D eigenvalue weighted by Crippen LogP contribution is 2.31. The molecule has 108 heavy (non-hydrogen) atoms. The van der Waals surface area contributed by atoms with Crippen molar-refractivity contribution < 1.29 is 86.8 Å². The highest BCUT2D eigenvalue weighted by Gasteiger charge is 2.41. The van der Waals surface area contributed by atoms with Crippen LogP contribution in [0.1, 0.15) is 107 Å². The molecule has 586 valence electrons. The van der Waals surface area contributed by atoms with Crippen LogP contribution in [0.2, 0.25) is 10.0 Å². The van der Waals surface area contributed by atoms with Gasteiger partial charge in [0.1, 0.15) is 72.0 Å². The lowest BCUT2D eigenvalue weighted by Gasteiger charge is -2.30. The molecule has 1 aromatic heterocycles. The van der Waals surface area contributed by atoms with Crippen LogP contribution in [0.3, 0.4) is 0 Å². The summed E-state index contributed by atoms with van der Waals surface area (Å²) in [5, 5.41) is 56.1. The second-order valence-corrected chi connectivity index (χ2v) is 29.5. The first kappa shape index (κ1) is 85.3. The van der Waals surface area contributed by atoms with Gasteiger partial charge in [0.25, 0.3) is 0 Å². The Morgan fingerprint density at radius 3 is 1.94 bits per heavy atom. The predicted octanol–water partition coefficient (Wildman–Crippen LogP) is -0.590. The summed E-state index contributed by atoms with van der Waals surface area (Å²) in [5.74, 6) is -16.9. The summed E-state index contributed by atoms with van der Waals surface area (Å²) in [5.41, 5.74) is 24.0. The minimum absolute atomic E-state index is 0.00133. The number of amides is 12. The smallest absolute Gasteiger partial charge is 0.303 e. The first-order chi connectivity index (χ1) is 51.5. The Morgan fingerprint density at radius 2 is 1.29 bits per heavy atom. The molecule has 3 fully saturated rings. The summed E-state index contributed by atoms with van der Waals surface area (Å²) in [6.07, 6.45) is -0.675. The standard InChI is InChI=1S/C69H90Cl2FN17O17S2/c70-42-9-3-8-37(57(42)71)29-48-64(102)81-44(10-4-25-78-69(75)76)60(98)77-26-23-53(91)80-45(18-20-55(93)94)61(99)83-49(30-38-32-79-43-17-14-39(72)31-41(38)43)65(103)82-46(19-21-56(95)96)62(100)86-50(59(74)97)33-107-108-34-51(66(104)88-58(68(106)85-48)36-6-1-2-7-36)87-63(101)47(28-35-12-15-40(90)16-13-35)84-67(105)52-11-5-27-89(52)54(92)22-24-73/h3,8-9,12-17,31-32,36,44-52,58,79,90H,1-2,4-7,10-11,18-30,33-34,73H2,(H2,74,97)(H,77,98)(H,80,91)(H,81,102)(H,82,103)(H,83,99)(H,84,105)(H,85,106)(H,86,100)(H,87,101)(H,88,104)(H,93,94)(H,95,96)(H4,75,76,78)/t44-,45-,46-,47-,48-,49-,50-,51-,52-,58+/m0/s1. The third-order valence-corrected chi connectivity index (χ3v) is 21.5. The van der Waals surface area contributed by atoms with Gasteiger partial charge in [-0.15, -0.1) is 0 Å². The molecule has 2 saturated heterocycles. The van der Waals surface area contributed by atoms with Crippen LogP contribution in [0.4, 0.5) is 4.39 Å². The molecule has 4 aromatic rings. The Kier molecular flexibility index (Phi) is 33.1. The normalized spacial score (nSPS) is 22.7. The molecule has 39 heteroatoms. The number of benzene rings is 3. The molecule has 22 N–H and O–H groups in total. The SMILES string of the molecule is NCCC(=O)N1CCC[C@H]1C(=O)N[C@@H](Cc1ccc(O)cc1)C(=O)N[C@H]1CSSC[C@@H](C(N)=O)NC(=O)[C@H](CCC(=O)O)NC(=O)[C@H](Cc2c[nH]c3ccc(F)cc23)NC(=O)[C@H](CCC(=O)O)NC(=O)CCNC(=O)[C@H](CCCN=C(N)N)NC(=O)[C@H](Cc2cccc(Cl)c2Cl)NC(=O)[C@@H](C2CCCC2)NC1=O. The number of fused-ring (bicyclic) bond motifs is 1. The lowest BCUT2D eigenvalue weighted by Crippen LogP contribution is -2.61. The lowest BCUT2D eigenvalue weighted by molar-refractivity contribution is -0.139. The van der Waals surface area contributed by atoms with E-state index in [1.807, 2.05) is 0 Å². The second kappa shape index (κ2) is 42.0. The van der Waals surface area contributed by atoms with Gasteiger partial charge in [-0.05, 0) is 110 Å². The zero-order valence-corrected chi connectivity index (χ0v) is 61.8. The molecule has 0 spiro atoms. The number of carbonyl (C=O) groups is 14. The number of carboxylic acid groups (broad SMARTS) is 2. The number of aliphatic imine (C=N–C) groups is 1. The number of hydrogen-bond acceptors (Lipinski definition) is 19. The monoisotopic (exact) mass is 1580 g/mol. The molecular weight excluding hydrogens is 1490 g/mol. The maximum Gasteiger partial charge on any atom is 0.303 e. The number of aromatic hydroxyl groups is 1. The number of likely N-dealkylation sites (tertiary alicyclic amines) is 1. The zero-order valence-electron chi connectivity index (χ0n) is 58.7. The number of H-pyrrole nitrogens is 1. The van der Waals surface area contributed by atoms with Crippen LogP contribution in [-0.4, -0.2) is 212 Å². The fourth-order valence-corrected chi connectivity index (χ4v) is 15.3. The zero-order chi connectivity index (χ0) is 78.7. The fraction of sp³-hybridized carbons (Fsp3) is 0.493. The Balaban J connectivity index is 1.29. The van der Waals surface area contributed by atoms with Crippen LogP contribution in [0.15, 0.2) is 71.9 Å². The van der Waals surface area contributed by atoms with Crippen molar-refractivity contribution in [2.24, 2.45) is 33.8 Å². The number of carbonyl (C=O) groups excluding carboxylic acids is 12. The van der Waals surface area contributed by atoms with Gasteiger partial charge in [-0.2, -0.15) is 0 Å². The summed E-state index contributed by atoms with van der Waals surface area (Å²) < 4.78 is 14.8. The maximum absolute atomic E-state index is 15.3. The van der Waals surface area contributed by atoms with Gasteiger partial charge in [-0.1, -0.05) is 81.9 Å². The van der Waals surface area contributed by atoms with Gasteiger partial charge >= 0.3 is 11.9 Å². The number of phenolic OH excluding ortho intramolecular Hbond substituents is 1. The number of rotatable bonds is 24. The number of primary amides is 1. The Hall–Kier alpha value is -9.98. The van der Waals surface area contributed by atoms with Gasteiger partial charge in [-0.3, -0.25) is 72.1 Å². The van der Waals surface area contributed by atoms with Crippen molar-refractivity contribution >= 4 is 144 Å². The highest BCUT2D eigenvalue weighted by atomic mass is 35.5. The number of phenols is 1. The third-order valence-electron chi connectivity index (χ3n) is 18.2. The minimum Gasteiger partial charge on any atom is -0.508 e. The minimum atomic E-state index is -1.83. The molecule has 10 atom stereocenters. The first-order valence-electron chi connectivity index (χ1n) is 35.0. The van der Waals surface area contributed by atoms with Crippen LogP contribution in [-0.2, 0) is 86.4 Å². The largest absolute Gasteiger partial charge is 0.508 e. The van der Waals surface area contributed by atoms with E-state index in [2.05, 4.69) is 63.1 Å². The van der Waals surface area contributed by atoms with E-state index in [0.717, 1.165) is 33.7 Å². The van der Waals surface area contributed by atoms with E-state index in [-0.39, 0.29) is 96.4 Å². The molecule has 3 aliphatic rings. The molecule has 0 bridgehead atoms. The average molecular weight is 1580 g/mol. The molecular formula is C69H90Cl2FN17O17S2. The molecule has 3 aromatic carbocycles. The van der Waals surface area contributed by atoms with Crippen molar-refractivity contribution in [2.45, 2.75) is 170 Å². The molecule has 0 unspecified atom stereocenters. The number of nitrogens with one attached hydrogen (secondary N) is 11. The van der Waals surface area contributed by atoms with Crippen molar-refractivity contribution in [3.8, 4) is 5.75 Å². The number of guanidine groups is 1. The molecule has 1 saturated carbocycles. The van der Waals surface area contributed by atoms with Gasteiger partial charge in [0.15, 0.2) is 5.96 Å². The molecule has 3 heterocycles. The average Bonchev–Trinajstić information content (AvgIpc) is 1.72. The van der Waals surface area contributed by atoms with Gasteiger partial charge in [0.2, 0.25) is 70.9 Å². The third kappa shape index (κ3) is 26.2. The predicted molar refractivity (Wildman–Crippen MR) is 397 cm³/mol. The molecule has 7 rings (SSSR count). The van der Waals surface area contributed by atoms with Crippen molar-refractivity contribution in [3.63, 3.8) is 0 Å². The summed E-state index contributed by atoms with van der Waals surface area (Å²) in [6, 6.07) is -1.90. The Labute approximate surface area is 637 Å². The van der Waals surface area contributed by atoms with E-state index in [4.69, 9.17) is 46.1 Å². The number of halogens is 3. The molecule has 2 aliphatic heterocycles. The van der Waals surface area contributed by atoms with E-state index in [0.29, 0.717) is 43.2 Å². The quantitative estimate of drug-likeness (QED) is 0.0180. The van der Waals surface area contributed by atoms with Crippen molar-refractivity contribution in [1.82, 2.24) is 63.1 Å². The van der Waals surface area contributed by atoms with Gasteiger partial charge < -0.3 is 101 Å². The van der Waals surface area contributed by atoms with Crippen LogP contribution in [0.5, 0.6) is 5.75 Å². The van der Waals surface area contributed by atoms with E-state index in [1.165, 1.54) is 59.6 Å². The summed E-state index contributed by atoms with van der Waals surface area (Å²) in [7, 11) is 1.66. The maximum atomic E-state index is 15.3. The van der Waals surface area contributed by atoms with Gasteiger partial charge in [0, 0.05) is 99.7 Å². The van der Waals surface area contributed by atoms with Crippen LogP contribution >= 0.6 is 44.8 Å². The first-order valence-corrected chi connectivity index (χ1v) is 38.2. The Morgan fingerprint density at radius 1 is 0.676 bits per heavy atom. The number of aromatic nitrogens is 1. The van der Waals surface area contributed by atoms with Crippen molar-refractivity contribution in [2.75, 3.05) is 37.7 Å². The van der Waals surface area contributed by atoms with E-state index < -0.39 is 212 Å². The van der Waals surface area contributed by atoms with Crippen LogP contribution in [0.25, 0.3) is 10.9 Å². The highest BCUT2D eigenvalue weighted by molar-refractivity contribution is 8.76. The Bertz CT molecular complexity index is 3960. The van der Waals surface area contributed by atoms with Crippen molar-refractivity contribution in [1.29, 1.82) is 0 Å². The molecule has 0 radical (unpaired) electrons. The molecule has 34 nitrogen and oxygen atoms in total. The number of nitrogens with two attached hydrogens (primary N) is 4. The van der Waals surface area contributed by atoms with Crippen LogP contribution in [0, 0.1) is 11.7 Å². The van der Waals surface area contributed by atoms with Gasteiger partial charge in [-0.25, -0.2) is 4.39 Å². The number of nitrogens with zero attached hydrogens (tertiary/aromatic N) is 2. The van der Waals surface area contributed by atoms with Gasteiger partial charge in [0.05, 0.1) is 10.0 Å². The number of aromatic amines is 1. The van der Waals surface area contributed by atoms with E-state index in [9.17, 15) is 72.4 Å². The lowest BCUT2D eigenvalue weighted by atomic mass is 9.95. The van der Waals surface area contributed by atoms with E-state index >= 15 is 14.4 Å². The number of aliphatic carboxylic acids is 2. The topological polar surface area (TPSA) is 555 Å². The van der Waals surface area contributed by atoms with E-state index in [1.54, 1.807) is 0 Å². The van der Waals surface area contributed by atoms with Crippen LogP contribution < -0.4 is 76.1 Å². The summed E-state index contributed by atoms with van der Waals surface area (Å²) in [4.78, 5) is 206. The summed E-state index contributed by atoms with van der Waals surface area (Å²) >= 11 is 13.2. The molecule has 12 amide bonds.